The molecule has 1 aromatic heterocycles. The molecule has 0 unspecified atom stereocenters. The van der Waals surface area contributed by atoms with Gasteiger partial charge >= 0.3 is 0 Å². The van der Waals surface area contributed by atoms with Crippen LogP contribution in [0.4, 0.5) is 5.69 Å². The van der Waals surface area contributed by atoms with Gasteiger partial charge < -0.3 is 10.4 Å². The van der Waals surface area contributed by atoms with Crippen molar-refractivity contribution >= 4 is 11.6 Å². The summed E-state index contributed by atoms with van der Waals surface area (Å²) in [4.78, 5) is 12.2. The second-order valence-electron chi connectivity index (χ2n) is 6.06. The molecule has 1 aromatic carbocycles. The van der Waals surface area contributed by atoms with Crippen molar-refractivity contribution in [3.05, 3.63) is 24.3 Å². The van der Waals surface area contributed by atoms with Crippen molar-refractivity contribution < 1.29 is 9.90 Å². The van der Waals surface area contributed by atoms with Crippen LogP contribution in [0, 0.1) is 0 Å². The monoisotopic (exact) mass is 315 g/mol. The molecule has 1 fully saturated rings. The maximum atomic E-state index is 12.2. The molecule has 122 valence electrons. The Morgan fingerprint density at radius 2 is 2.17 bits per heavy atom. The number of benzene rings is 1. The van der Waals surface area contributed by atoms with E-state index >= 15 is 0 Å². The predicted molar refractivity (Wildman–Crippen MR) is 85.6 cm³/mol. The lowest BCUT2D eigenvalue weighted by molar-refractivity contribution is -0.120. The van der Waals surface area contributed by atoms with Gasteiger partial charge in [0.05, 0.1) is 12.0 Å². The fourth-order valence-corrected chi connectivity index (χ4v) is 3.07. The zero-order valence-corrected chi connectivity index (χ0v) is 13.2. The summed E-state index contributed by atoms with van der Waals surface area (Å²) in [5.41, 5.74) is 0.683. The molecule has 1 aliphatic rings. The number of carbonyl (C=O) groups excluding carboxylic acids is 1. The molecule has 7 heteroatoms. The van der Waals surface area contributed by atoms with Crippen LogP contribution in [0.3, 0.4) is 0 Å². The van der Waals surface area contributed by atoms with Gasteiger partial charge in [0, 0.05) is 17.8 Å². The van der Waals surface area contributed by atoms with E-state index in [2.05, 4.69) is 20.8 Å². The summed E-state index contributed by atoms with van der Waals surface area (Å²) in [5.74, 6) is 0.500. The van der Waals surface area contributed by atoms with Gasteiger partial charge in [-0.25, -0.2) is 4.68 Å². The largest absolute Gasteiger partial charge is 0.389 e. The normalized spacial score (nSPS) is 16.4. The smallest absolute Gasteiger partial charge is 0.227 e. The highest BCUT2D eigenvalue weighted by Crippen LogP contribution is 2.32. The van der Waals surface area contributed by atoms with Crippen LogP contribution in [0.2, 0.25) is 0 Å². The van der Waals surface area contributed by atoms with Crippen molar-refractivity contribution in [2.45, 2.75) is 51.2 Å². The van der Waals surface area contributed by atoms with Crippen molar-refractivity contribution in [2.24, 2.45) is 0 Å². The third-order valence-corrected chi connectivity index (χ3v) is 4.26. The summed E-state index contributed by atoms with van der Waals surface area (Å²) >= 11 is 0. The van der Waals surface area contributed by atoms with E-state index in [-0.39, 0.29) is 12.3 Å². The molecule has 0 saturated heterocycles. The number of tetrazole rings is 1. The lowest BCUT2D eigenvalue weighted by Gasteiger charge is -2.21. The van der Waals surface area contributed by atoms with Crippen LogP contribution in [0.15, 0.2) is 24.3 Å². The van der Waals surface area contributed by atoms with Crippen LogP contribution in [0.25, 0.3) is 11.4 Å². The molecule has 2 aromatic rings. The summed E-state index contributed by atoms with van der Waals surface area (Å²) in [5, 5.41) is 24.8. The summed E-state index contributed by atoms with van der Waals surface area (Å²) in [6, 6.07) is 7.41. The molecule has 1 amide bonds. The van der Waals surface area contributed by atoms with E-state index in [1.165, 1.54) is 0 Å². The SMILES string of the molecule is CCn1nnnc1-c1cccc(NC(=O)CC2(O)CCCC2)c1. The lowest BCUT2D eigenvalue weighted by atomic mass is 9.97. The highest BCUT2D eigenvalue weighted by atomic mass is 16.3. The quantitative estimate of drug-likeness (QED) is 0.880. The molecule has 0 bridgehead atoms. The van der Waals surface area contributed by atoms with Crippen LogP contribution in [-0.4, -0.2) is 36.8 Å². The molecule has 0 spiro atoms. The Hall–Kier alpha value is -2.28. The summed E-state index contributed by atoms with van der Waals surface area (Å²) in [7, 11) is 0. The number of amides is 1. The van der Waals surface area contributed by atoms with Crippen LogP contribution < -0.4 is 5.32 Å². The first-order valence-electron chi connectivity index (χ1n) is 7.98. The highest BCUT2D eigenvalue weighted by molar-refractivity contribution is 5.92. The molecule has 3 rings (SSSR count). The van der Waals surface area contributed by atoms with E-state index in [0.29, 0.717) is 30.9 Å². The summed E-state index contributed by atoms with van der Waals surface area (Å²) in [6.07, 6.45) is 3.51. The van der Waals surface area contributed by atoms with Gasteiger partial charge in [-0.3, -0.25) is 4.79 Å². The Balaban J connectivity index is 1.71. The number of aromatic nitrogens is 4. The molecule has 0 aliphatic heterocycles. The number of carbonyl (C=O) groups is 1. The van der Waals surface area contributed by atoms with Crippen molar-refractivity contribution in [2.75, 3.05) is 5.32 Å². The maximum absolute atomic E-state index is 12.2. The maximum Gasteiger partial charge on any atom is 0.227 e. The lowest BCUT2D eigenvalue weighted by Crippen LogP contribution is -2.30. The van der Waals surface area contributed by atoms with E-state index < -0.39 is 5.60 Å². The molecule has 7 nitrogen and oxygen atoms in total. The van der Waals surface area contributed by atoms with Crippen molar-refractivity contribution in [3.63, 3.8) is 0 Å². The molecule has 23 heavy (non-hydrogen) atoms. The summed E-state index contributed by atoms with van der Waals surface area (Å²) < 4.78 is 1.70. The van der Waals surface area contributed by atoms with E-state index in [4.69, 9.17) is 0 Å². The number of aryl methyl sites for hydroxylation is 1. The number of aliphatic hydroxyl groups is 1. The van der Waals surface area contributed by atoms with Crippen LogP contribution in [0.1, 0.15) is 39.0 Å². The van der Waals surface area contributed by atoms with Crippen molar-refractivity contribution in [1.29, 1.82) is 0 Å². The van der Waals surface area contributed by atoms with Crippen molar-refractivity contribution in [1.82, 2.24) is 20.2 Å². The number of anilines is 1. The molecule has 0 atom stereocenters. The number of hydrogen-bond donors (Lipinski definition) is 2. The highest BCUT2D eigenvalue weighted by Gasteiger charge is 2.33. The second kappa shape index (κ2) is 6.45. The fraction of sp³-hybridized carbons (Fsp3) is 0.500. The minimum Gasteiger partial charge on any atom is -0.389 e. The molecule has 1 heterocycles. The zero-order chi connectivity index (χ0) is 16.3. The number of nitrogens with zero attached hydrogens (tertiary/aromatic N) is 4. The molecule has 1 saturated carbocycles. The van der Waals surface area contributed by atoms with Crippen LogP contribution >= 0.6 is 0 Å². The van der Waals surface area contributed by atoms with Crippen molar-refractivity contribution in [3.8, 4) is 11.4 Å². The topological polar surface area (TPSA) is 92.9 Å². The fourth-order valence-electron chi connectivity index (χ4n) is 3.07. The first kappa shape index (κ1) is 15.6. The Kier molecular flexibility index (Phi) is 4.38. The third-order valence-electron chi connectivity index (χ3n) is 4.26. The van der Waals surface area contributed by atoms with Gasteiger partial charge in [0.2, 0.25) is 5.91 Å². The van der Waals surface area contributed by atoms with Gasteiger partial charge in [0.1, 0.15) is 0 Å². The van der Waals surface area contributed by atoms with Gasteiger partial charge in [-0.15, -0.1) is 5.10 Å². The minimum atomic E-state index is -0.839. The van der Waals surface area contributed by atoms with E-state index in [9.17, 15) is 9.90 Å². The van der Waals surface area contributed by atoms with Crippen LogP contribution in [-0.2, 0) is 11.3 Å². The van der Waals surface area contributed by atoms with Gasteiger partial charge in [-0.1, -0.05) is 25.0 Å². The van der Waals surface area contributed by atoms with Gasteiger partial charge in [0.25, 0.3) is 0 Å². The Labute approximate surface area is 134 Å². The van der Waals surface area contributed by atoms with Gasteiger partial charge in [0.15, 0.2) is 5.82 Å². The number of rotatable bonds is 5. The Morgan fingerprint density at radius 3 is 2.91 bits per heavy atom. The van der Waals surface area contributed by atoms with Gasteiger partial charge in [-0.2, -0.15) is 0 Å². The molecule has 2 N–H and O–H groups in total. The zero-order valence-electron chi connectivity index (χ0n) is 13.2. The summed E-state index contributed by atoms with van der Waals surface area (Å²) in [6.45, 7) is 2.64. The third kappa shape index (κ3) is 3.56. The molecule has 0 radical (unpaired) electrons. The average Bonchev–Trinajstić information content (AvgIpc) is 3.16. The molecular weight excluding hydrogens is 294 g/mol. The number of nitrogens with one attached hydrogen (secondary N) is 1. The standard InChI is InChI=1S/C16H21N5O2/c1-2-21-15(18-19-20-21)12-6-5-7-13(10-12)17-14(22)11-16(23)8-3-4-9-16/h5-7,10,23H,2-4,8-9,11H2,1H3,(H,17,22). The second-order valence-corrected chi connectivity index (χ2v) is 6.06. The molecule has 1 aliphatic carbocycles. The van der Waals surface area contributed by atoms with E-state index in [1.54, 1.807) is 4.68 Å². The Morgan fingerprint density at radius 1 is 1.39 bits per heavy atom. The predicted octanol–water partition coefficient (Wildman–Crippen LogP) is 1.99. The van der Waals surface area contributed by atoms with E-state index in [1.807, 2.05) is 31.2 Å². The average molecular weight is 315 g/mol. The van der Waals surface area contributed by atoms with E-state index in [0.717, 1.165) is 18.4 Å². The van der Waals surface area contributed by atoms with Crippen LogP contribution in [0.5, 0.6) is 0 Å². The first-order valence-corrected chi connectivity index (χ1v) is 7.98. The molecular formula is C16H21N5O2. The minimum absolute atomic E-state index is 0.143. The van der Waals surface area contributed by atoms with Gasteiger partial charge in [-0.05, 0) is 42.3 Å². The Bertz CT molecular complexity index is 691. The number of hydrogen-bond acceptors (Lipinski definition) is 5. The first-order chi connectivity index (χ1) is 11.1.